The van der Waals surface area contributed by atoms with Crippen molar-refractivity contribution in [3.8, 4) is 0 Å². The van der Waals surface area contributed by atoms with Crippen molar-refractivity contribution in [2.75, 3.05) is 24.2 Å². The smallest absolute Gasteiger partial charge is 0.256 e. The van der Waals surface area contributed by atoms with Gasteiger partial charge in [0.1, 0.15) is 0 Å². The lowest BCUT2D eigenvalue weighted by Gasteiger charge is -2.19. The molecular formula is C23H23N3O2. The molecule has 0 fully saturated rings. The highest BCUT2D eigenvalue weighted by Crippen LogP contribution is 2.22. The Balaban J connectivity index is 1.67. The molecule has 2 amide bonds. The van der Waals surface area contributed by atoms with Gasteiger partial charge in [-0.1, -0.05) is 48.0 Å². The number of anilines is 3. The number of carbonyl (C=O) groups is 2. The van der Waals surface area contributed by atoms with Crippen LogP contribution in [0.25, 0.3) is 0 Å². The van der Waals surface area contributed by atoms with Crippen molar-refractivity contribution in [2.24, 2.45) is 0 Å². The maximum Gasteiger partial charge on any atom is 0.256 e. The normalized spacial score (nSPS) is 10.2. The van der Waals surface area contributed by atoms with Gasteiger partial charge in [0.15, 0.2) is 0 Å². The van der Waals surface area contributed by atoms with Crippen LogP contribution in [-0.4, -0.2) is 30.3 Å². The monoisotopic (exact) mass is 373 g/mol. The Bertz CT molecular complexity index is 953. The van der Waals surface area contributed by atoms with E-state index in [0.29, 0.717) is 16.9 Å². The Morgan fingerprint density at radius 3 is 2.18 bits per heavy atom. The van der Waals surface area contributed by atoms with Gasteiger partial charge in [-0.3, -0.25) is 9.59 Å². The zero-order valence-corrected chi connectivity index (χ0v) is 16.0. The average molecular weight is 373 g/mol. The van der Waals surface area contributed by atoms with Crippen molar-refractivity contribution < 1.29 is 9.59 Å². The van der Waals surface area contributed by atoms with Crippen molar-refractivity contribution in [1.82, 2.24) is 4.90 Å². The second kappa shape index (κ2) is 8.86. The lowest BCUT2D eigenvalue weighted by atomic mass is 10.1. The third-order valence-electron chi connectivity index (χ3n) is 4.27. The fourth-order valence-corrected chi connectivity index (χ4v) is 2.79. The average Bonchev–Trinajstić information content (AvgIpc) is 2.70. The largest absolute Gasteiger partial charge is 0.355 e. The first-order valence-corrected chi connectivity index (χ1v) is 9.06. The van der Waals surface area contributed by atoms with Crippen LogP contribution in [0, 0.1) is 6.92 Å². The van der Waals surface area contributed by atoms with Gasteiger partial charge in [0.2, 0.25) is 5.91 Å². The number of nitrogens with one attached hydrogen (secondary N) is 2. The molecule has 0 radical (unpaired) electrons. The number of nitrogens with zero attached hydrogens (tertiary/aromatic N) is 1. The topological polar surface area (TPSA) is 61.4 Å². The van der Waals surface area contributed by atoms with E-state index in [9.17, 15) is 9.59 Å². The number of likely N-dealkylation sites (N-methyl/N-ethyl adjacent to an activating group) is 1. The van der Waals surface area contributed by atoms with Crippen LogP contribution in [0.5, 0.6) is 0 Å². The number of para-hydroxylation sites is 2. The van der Waals surface area contributed by atoms with Crippen LogP contribution in [0.15, 0.2) is 78.9 Å². The molecule has 3 rings (SSSR count). The summed E-state index contributed by atoms with van der Waals surface area (Å²) < 4.78 is 0. The molecule has 0 spiro atoms. The van der Waals surface area contributed by atoms with E-state index in [4.69, 9.17) is 0 Å². The van der Waals surface area contributed by atoms with Gasteiger partial charge in [-0.25, -0.2) is 0 Å². The molecule has 5 heteroatoms. The van der Waals surface area contributed by atoms with E-state index in [1.807, 2.05) is 79.7 Å². The molecule has 5 nitrogen and oxygen atoms in total. The minimum atomic E-state index is -0.242. The summed E-state index contributed by atoms with van der Waals surface area (Å²) in [6.45, 7) is 1.95. The summed E-state index contributed by atoms with van der Waals surface area (Å²) in [4.78, 5) is 26.6. The summed E-state index contributed by atoms with van der Waals surface area (Å²) in [5, 5.41) is 6.07. The molecule has 0 unspecified atom stereocenters. The number of hydrogen-bond acceptors (Lipinski definition) is 3. The van der Waals surface area contributed by atoms with E-state index in [0.717, 1.165) is 11.3 Å². The Kier molecular flexibility index (Phi) is 6.07. The summed E-state index contributed by atoms with van der Waals surface area (Å²) in [6.07, 6.45) is 0. The molecule has 142 valence electrons. The Labute approximate surface area is 165 Å². The molecule has 0 aliphatic rings. The fraction of sp³-hybridized carbons (Fsp3) is 0.130. The predicted octanol–water partition coefficient (Wildman–Crippen LogP) is 4.45. The standard InChI is InChI=1S/C23H23N3O2/c1-17-12-14-19(15-13-17)25-22(27)16-26(2)23(28)20-10-6-7-11-21(20)24-18-8-4-3-5-9-18/h3-15,24H,16H2,1-2H3,(H,25,27). The number of rotatable bonds is 6. The second-order valence-corrected chi connectivity index (χ2v) is 6.61. The molecule has 2 N–H and O–H groups in total. The highest BCUT2D eigenvalue weighted by atomic mass is 16.2. The number of benzene rings is 3. The number of amides is 2. The van der Waals surface area contributed by atoms with Gasteiger partial charge < -0.3 is 15.5 Å². The van der Waals surface area contributed by atoms with Crippen LogP contribution in [0.4, 0.5) is 17.1 Å². The van der Waals surface area contributed by atoms with Crippen LogP contribution in [0.3, 0.4) is 0 Å². The van der Waals surface area contributed by atoms with Crippen LogP contribution in [-0.2, 0) is 4.79 Å². The van der Waals surface area contributed by atoms with Gasteiger partial charge >= 0.3 is 0 Å². The molecule has 3 aromatic rings. The van der Waals surface area contributed by atoms with E-state index >= 15 is 0 Å². The molecule has 0 bridgehead atoms. The highest BCUT2D eigenvalue weighted by molar-refractivity contribution is 6.03. The lowest BCUT2D eigenvalue weighted by molar-refractivity contribution is -0.116. The first kappa shape index (κ1) is 19.2. The maximum absolute atomic E-state index is 12.9. The zero-order chi connectivity index (χ0) is 19.9. The fourth-order valence-electron chi connectivity index (χ4n) is 2.79. The summed E-state index contributed by atoms with van der Waals surface area (Å²) in [6, 6.07) is 24.5. The minimum absolute atomic E-state index is 0.0353. The number of carbonyl (C=O) groups excluding carboxylic acids is 2. The van der Waals surface area contributed by atoms with E-state index in [1.54, 1.807) is 13.1 Å². The highest BCUT2D eigenvalue weighted by Gasteiger charge is 2.18. The molecular weight excluding hydrogens is 350 g/mol. The SMILES string of the molecule is Cc1ccc(NC(=O)CN(C)C(=O)c2ccccc2Nc2ccccc2)cc1. The minimum Gasteiger partial charge on any atom is -0.355 e. The molecule has 0 atom stereocenters. The van der Waals surface area contributed by atoms with Crippen LogP contribution in [0.1, 0.15) is 15.9 Å². The van der Waals surface area contributed by atoms with Gasteiger partial charge in [-0.2, -0.15) is 0 Å². The molecule has 28 heavy (non-hydrogen) atoms. The van der Waals surface area contributed by atoms with E-state index < -0.39 is 0 Å². The summed E-state index contributed by atoms with van der Waals surface area (Å²) in [7, 11) is 1.62. The summed E-state index contributed by atoms with van der Waals surface area (Å²) in [5.74, 6) is -0.466. The van der Waals surface area contributed by atoms with Crippen molar-refractivity contribution in [2.45, 2.75) is 6.92 Å². The second-order valence-electron chi connectivity index (χ2n) is 6.61. The third-order valence-corrected chi connectivity index (χ3v) is 4.27. The maximum atomic E-state index is 12.9. The van der Waals surface area contributed by atoms with Gasteiger partial charge in [0.25, 0.3) is 5.91 Å². The van der Waals surface area contributed by atoms with Crippen LogP contribution >= 0.6 is 0 Å². The van der Waals surface area contributed by atoms with Gasteiger partial charge in [0.05, 0.1) is 17.8 Å². The lowest BCUT2D eigenvalue weighted by Crippen LogP contribution is -2.35. The number of aryl methyl sites for hydroxylation is 1. The van der Waals surface area contributed by atoms with Crippen molar-refractivity contribution >= 4 is 28.9 Å². The van der Waals surface area contributed by atoms with Gasteiger partial charge in [-0.15, -0.1) is 0 Å². The van der Waals surface area contributed by atoms with Crippen molar-refractivity contribution in [3.05, 3.63) is 90.0 Å². The van der Waals surface area contributed by atoms with Gasteiger partial charge in [-0.05, 0) is 43.3 Å². The van der Waals surface area contributed by atoms with E-state index in [1.165, 1.54) is 4.90 Å². The molecule has 3 aromatic carbocycles. The molecule has 0 aromatic heterocycles. The Hall–Kier alpha value is -3.60. The van der Waals surface area contributed by atoms with Crippen molar-refractivity contribution in [3.63, 3.8) is 0 Å². The molecule has 0 saturated heterocycles. The van der Waals surface area contributed by atoms with Gasteiger partial charge in [0, 0.05) is 18.4 Å². The Morgan fingerprint density at radius 1 is 0.821 bits per heavy atom. The number of hydrogen-bond donors (Lipinski definition) is 2. The van der Waals surface area contributed by atoms with E-state index in [-0.39, 0.29) is 18.4 Å². The molecule has 0 aliphatic heterocycles. The molecule has 0 heterocycles. The predicted molar refractivity (Wildman–Crippen MR) is 113 cm³/mol. The van der Waals surface area contributed by atoms with Crippen LogP contribution in [0.2, 0.25) is 0 Å². The quantitative estimate of drug-likeness (QED) is 0.671. The third kappa shape index (κ3) is 4.98. The van der Waals surface area contributed by atoms with Crippen molar-refractivity contribution in [1.29, 1.82) is 0 Å². The first-order chi connectivity index (χ1) is 13.5. The molecule has 0 aliphatic carbocycles. The zero-order valence-electron chi connectivity index (χ0n) is 16.0. The Morgan fingerprint density at radius 2 is 1.46 bits per heavy atom. The van der Waals surface area contributed by atoms with Crippen LogP contribution < -0.4 is 10.6 Å². The first-order valence-electron chi connectivity index (χ1n) is 9.06. The molecule has 0 saturated carbocycles. The summed E-state index contributed by atoms with van der Waals surface area (Å²) in [5.41, 5.74) is 3.93. The summed E-state index contributed by atoms with van der Waals surface area (Å²) >= 11 is 0. The van der Waals surface area contributed by atoms with E-state index in [2.05, 4.69) is 10.6 Å².